The molecule has 1 heterocycles. The van der Waals surface area contributed by atoms with E-state index < -0.39 is 24.6 Å². The van der Waals surface area contributed by atoms with Crippen LogP contribution in [0.2, 0.25) is 0 Å². The molecule has 0 aromatic heterocycles. The molecular weight excluding hydrogens is 332 g/mol. The summed E-state index contributed by atoms with van der Waals surface area (Å²) in [5, 5.41) is 28.8. The van der Waals surface area contributed by atoms with E-state index in [9.17, 15) is 15.3 Å². The van der Waals surface area contributed by atoms with Gasteiger partial charge in [-0.3, -0.25) is 0 Å². The van der Waals surface area contributed by atoms with E-state index in [0.717, 1.165) is 32.1 Å². The van der Waals surface area contributed by atoms with Crippen molar-refractivity contribution in [2.75, 3.05) is 13.2 Å². The summed E-state index contributed by atoms with van der Waals surface area (Å²) in [5.41, 5.74) is 4.11. The summed E-state index contributed by atoms with van der Waals surface area (Å²) in [4.78, 5) is 0. The smallest absolute Gasteiger partial charge is 0.186 e. The molecule has 1 aliphatic rings. The molecule has 1 aliphatic heterocycles. The molecule has 150 valence electrons. The first-order valence-electron chi connectivity index (χ1n) is 9.53. The van der Waals surface area contributed by atoms with Crippen LogP contribution >= 0.6 is 0 Å². The summed E-state index contributed by atoms with van der Waals surface area (Å²) in [5.74, 6) is 0. The van der Waals surface area contributed by atoms with E-state index in [4.69, 9.17) is 9.47 Å². The average Bonchev–Trinajstić information content (AvgIpc) is 2.58. The highest BCUT2D eigenvalue weighted by Crippen LogP contribution is 2.17. The van der Waals surface area contributed by atoms with Crippen LogP contribution in [-0.2, 0) is 9.47 Å². The SMILES string of the molecule is CC(C)=CCCC(C)=CCCC(C)=CCCO[C@H]1OC[C@@H](O)[C@H](O)[C@H]1O. The van der Waals surface area contributed by atoms with Crippen molar-refractivity contribution in [3.8, 4) is 0 Å². The molecule has 4 atom stereocenters. The predicted octanol–water partition coefficient (Wildman–Crippen LogP) is 3.25. The molecule has 5 heteroatoms. The van der Waals surface area contributed by atoms with Crippen molar-refractivity contribution < 1.29 is 24.8 Å². The second kappa shape index (κ2) is 12.4. The molecular formula is C21H36O5. The number of ether oxygens (including phenoxy) is 2. The van der Waals surface area contributed by atoms with Gasteiger partial charge in [-0.25, -0.2) is 0 Å². The molecule has 1 fully saturated rings. The van der Waals surface area contributed by atoms with E-state index in [1.54, 1.807) is 0 Å². The van der Waals surface area contributed by atoms with E-state index >= 15 is 0 Å². The van der Waals surface area contributed by atoms with Gasteiger partial charge in [-0.2, -0.15) is 0 Å². The van der Waals surface area contributed by atoms with Gasteiger partial charge in [0.2, 0.25) is 0 Å². The van der Waals surface area contributed by atoms with Gasteiger partial charge in [0.15, 0.2) is 6.29 Å². The first kappa shape index (κ1) is 23.1. The monoisotopic (exact) mass is 368 g/mol. The third-order valence-corrected chi connectivity index (χ3v) is 4.47. The Balaban J connectivity index is 2.20. The lowest BCUT2D eigenvalue weighted by atomic mass is 10.1. The van der Waals surface area contributed by atoms with Crippen LogP contribution < -0.4 is 0 Å². The summed E-state index contributed by atoms with van der Waals surface area (Å²) in [6.07, 6.45) is 7.34. The quantitative estimate of drug-likeness (QED) is 0.407. The lowest BCUT2D eigenvalue weighted by Gasteiger charge is -2.34. The van der Waals surface area contributed by atoms with Crippen LogP contribution in [0.3, 0.4) is 0 Å². The highest BCUT2D eigenvalue weighted by molar-refractivity contribution is 5.05. The Morgan fingerprint density at radius 2 is 1.46 bits per heavy atom. The molecule has 5 nitrogen and oxygen atoms in total. The number of rotatable bonds is 10. The molecule has 3 N–H and O–H groups in total. The molecule has 1 saturated heterocycles. The van der Waals surface area contributed by atoms with E-state index in [0.29, 0.717) is 6.61 Å². The lowest BCUT2D eigenvalue weighted by molar-refractivity contribution is -0.269. The molecule has 0 unspecified atom stereocenters. The van der Waals surface area contributed by atoms with Gasteiger partial charge in [-0.1, -0.05) is 34.9 Å². The van der Waals surface area contributed by atoms with Gasteiger partial charge in [0.25, 0.3) is 0 Å². The van der Waals surface area contributed by atoms with Crippen LogP contribution in [0.5, 0.6) is 0 Å². The Morgan fingerprint density at radius 1 is 0.885 bits per heavy atom. The highest BCUT2D eigenvalue weighted by atomic mass is 16.7. The number of aliphatic hydroxyl groups excluding tert-OH is 3. The Bertz CT molecular complexity index is 491. The Kier molecular flexibility index (Phi) is 11.0. The Hall–Kier alpha value is -0.980. The topological polar surface area (TPSA) is 79.2 Å². The van der Waals surface area contributed by atoms with Crippen LogP contribution in [0.25, 0.3) is 0 Å². The lowest BCUT2D eigenvalue weighted by Crippen LogP contribution is -2.53. The maximum atomic E-state index is 9.79. The van der Waals surface area contributed by atoms with E-state index in [2.05, 4.69) is 45.9 Å². The number of aliphatic hydroxyl groups is 3. The van der Waals surface area contributed by atoms with Crippen LogP contribution in [-0.4, -0.2) is 53.1 Å². The minimum absolute atomic E-state index is 0.0307. The Labute approximate surface area is 158 Å². The van der Waals surface area contributed by atoms with E-state index in [1.807, 2.05) is 0 Å². The molecule has 0 radical (unpaired) electrons. The molecule has 0 spiro atoms. The number of hydrogen-bond donors (Lipinski definition) is 3. The third-order valence-electron chi connectivity index (χ3n) is 4.47. The van der Waals surface area contributed by atoms with Crippen molar-refractivity contribution in [2.45, 2.75) is 84.4 Å². The number of hydrogen-bond acceptors (Lipinski definition) is 5. The molecule has 0 aromatic carbocycles. The molecule has 26 heavy (non-hydrogen) atoms. The molecule has 0 amide bonds. The van der Waals surface area contributed by atoms with Crippen molar-refractivity contribution in [1.29, 1.82) is 0 Å². The van der Waals surface area contributed by atoms with Crippen molar-refractivity contribution in [2.24, 2.45) is 0 Å². The normalized spacial score (nSPS) is 27.5. The second-order valence-electron chi connectivity index (χ2n) is 7.37. The average molecular weight is 369 g/mol. The van der Waals surface area contributed by atoms with Crippen LogP contribution in [0.15, 0.2) is 34.9 Å². The summed E-state index contributed by atoms with van der Waals surface area (Å²) in [6, 6.07) is 0. The Morgan fingerprint density at radius 3 is 2.08 bits per heavy atom. The van der Waals surface area contributed by atoms with Gasteiger partial charge in [0, 0.05) is 0 Å². The summed E-state index contributed by atoms with van der Waals surface area (Å²) in [6.45, 7) is 8.93. The molecule has 0 aliphatic carbocycles. The van der Waals surface area contributed by atoms with Gasteiger partial charge < -0.3 is 24.8 Å². The fourth-order valence-corrected chi connectivity index (χ4v) is 2.75. The number of allylic oxidation sites excluding steroid dienone is 5. The van der Waals surface area contributed by atoms with Gasteiger partial charge in [-0.15, -0.1) is 0 Å². The maximum Gasteiger partial charge on any atom is 0.186 e. The fourth-order valence-electron chi connectivity index (χ4n) is 2.75. The predicted molar refractivity (Wildman–Crippen MR) is 104 cm³/mol. The van der Waals surface area contributed by atoms with Crippen molar-refractivity contribution in [3.63, 3.8) is 0 Å². The van der Waals surface area contributed by atoms with Crippen molar-refractivity contribution >= 4 is 0 Å². The molecule has 0 saturated carbocycles. The van der Waals surface area contributed by atoms with Crippen LogP contribution in [0, 0.1) is 0 Å². The maximum absolute atomic E-state index is 9.79. The zero-order valence-electron chi connectivity index (χ0n) is 16.6. The first-order valence-corrected chi connectivity index (χ1v) is 9.53. The third kappa shape index (κ3) is 9.10. The second-order valence-corrected chi connectivity index (χ2v) is 7.37. The summed E-state index contributed by atoms with van der Waals surface area (Å²) in [7, 11) is 0. The highest BCUT2D eigenvalue weighted by Gasteiger charge is 2.37. The minimum atomic E-state index is -1.22. The molecule has 0 bridgehead atoms. The minimum Gasteiger partial charge on any atom is -0.388 e. The van der Waals surface area contributed by atoms with Crippen molar-refractivity contribution in [3.05, 3.63) is 34.9 Å². The van der Waals surface area contributed by atoms with Crippen LogP contribution in [0.4, 0.5) is 0 Å². The molecule has 0 aromatic rings. The van der Waals surface area contributed by atoms with Gasteiger partial charge in [0.1, 0.15) is 18.3 Å². The zero-order chi connectivity index (χ0) is 19.5. The molecule has 1 rings (SSSR count). The van der Waals surface area contributed by atoms with Crippen molar-refractivity contribution in [1.82, 2.24) is 0 Å². The van der Waals surface area contributed by atoms with E-state index in [-0.39, 0.29) is 6.61 Å². The van der Waals surface area contributed by atoms with E-state index in [1.165, 1.54) is 16.7 Å². The van der Waals surface area contributed by atoms with Gasteiger partial charge >= 0.3 is 0 Å². The van der Waals surface area contributed by atoms with Gasteiger partial charge in [-0.05, 0) is 59.8 Å². The summed E-state index contributed by atoms with van der Waals surface area (Å²) >= 11 is 0. The largest absolute Gasteiger partial charge is 0.388 e. The zero-order valence-corrected chi connectivity index (χ0v) is 16.6. The van der Waals surface area contributed by atoms with Crippen LogP contribution in [0.1, 0.15) is 59.8 Å². The first-order chi connectivity index (χ1) is 12.3. The fraction of sp³-hybridized carbons (Fsp3) is 0.714. The summed E-state index contributed by atoms with van der Waals surface area (Å²) < 4.78 is 10.7. The standard InChI is InChI=1S/C21H36O5/c1-15(2)8-5-9-16(3)10-6-11-17(4)12-7-13-25-21-20(24)19(23)18(22)14-26-21/h8,10,12,18-24H,5-7,9,11,13-14H2,1-4H3/t18-,19+,20-,21+/m1/s1. The van der Waals surface area contributed by atoms with Gasteiger partial charge in [0.05, 0.1) is 13.2 Å².